The molecule has 0 radical (unpaired) electrons. The van der Waals surface area contributed by atoms with Gasteiger partial charge in [-0.2, -0.15) is 0 Å². The molecule has 1 aromatic carbocycles. The third-order valence-corrected chi connectivity index (χ3v) is 2.74. The minimum atomic E-state index is -0.632. The number of pyridine rings is 1. The smallest absolute Gasteiger partial charge is 0.267 e. The summed E-state index contributed by atoms with van der Waals surface area (Å²) in [5.74, 6) is -0.318. The molecule has 0 saturated heterocycles. The van der Waals surface area contributed by atoms with Crippen LogP contribution in [0.4, 0.5) is 17.2 Å². The van der Waals surface area contributed by atoms with Crippen LogP contribution in [0.2, 0.25) is 10.0 Å². The highest BCUT2D eigenvalue weighted by molar-refractivity contribution is 6.35. The third-order valence-electron chi connectivity index (χ3n) is 2.30. The summed E-state index contributed by atoms with van der Waals surface area (Å²) in [5, 5.41) is 3.88. The molecular formula is C12H10Cl2N4O. The van der Waals surface area contributed by atoms with Crippen LogP contribution >= 0.6 is 23.2 Å². The lowest BCUT2D eigenvalue weighted by atomic mass is 10.3. The van der Waals surface area contributed by atoms with Gasteiger partial charge >= 0.3 is 0 Å². The molecule has 2 rings (SSSR count). The summed E-state index contributed by atoms with van der Waals surface area (Å²) < 4.78 is 0. The van der Waals surface area contributed by atoms with Crippen LogP contribution < -0.4 is 16.8 Å². The second-order valence-electron chi connectivity index (χ2n) is 3.78. The predicted molar refractivity (Wildman–Crippen MR) is 76.9 cm³/mol. The zero-order valence-corrected chi connectivity index (χ0v) is 11.2. The maximum atomic E-state index is 11.1. The summed E-state index contributed by atoms with van der Waals surface area (Å²) in [6.07, 6.45) is 0. The zero-order valence-electron chi connectivity index (χ0n) is 9.65. The molecule has 1 amide bonds. The number of carbonyl (C=O) groups excluding carboxylic acids is 1. The first-order chi connectivity index (χ1) is 8.95. The van der Waals surface area contributed by atoms with Crippen molar-refractivity contribution in [3.63, 3.8) is 0 Å². The minimum absolute atomic E-state index is 0.116. The number of amides is 1. The highest BCUT2D eigenvalue weighted by Crippen LogP contribution is 2.26. The predicted octanol–water partition coefficient (Wildman–Crippen LogP) is 2.81. The molecule has 0 aliphatic carbocycles. The second kappa shape index (κ2) is 5.34. The number of primary amides is 1. The van der Waals surface area contributed by atoms with E-state index in [1.54, 1.807) is 24.3 Å². The molecule has 0 saturated carbocycles. The van der Waals surface area contributed by atoms with E-state index in [1.807, 2.05) is 0 Å². The number of nitrogens with two attached hydrogens (primary N) is 2. The average Bonchev–Trinajstić information content (AvgIpc) is 2.30. The third kappa shape index (κ3) is 3.27. The molecule has 0 aliphatic rings. The first-order valence-corrected chi connectivity index (χ1v) is 6.01. The summed E-state index contributed by atoms with van der Waals surface area (Å²) in [7, 11) is 0. The number of nitrogen functional groups attached to an aromatic ring is 1. The molecule has 1 heterocycles. The molecule has 0 bridgehead atoms. The van der Waals surface area contributed by atoms with Gasteiger partial charge < -0.3 is 16.8 Å². The molecule has 0 spiro atoms. The number of rotatable bonds is 3. The maximum Gasteiger partial charge on any atom is 0.267 e. The van der Waals surface area contributed by atoms with Crippen molar-refractivity contribution in [2.75, 3.05) is 11.1 Å². The summed E-state index contributed by atoms with van der Waals surface area (Å²) in [4.78, 5) is 15.1. The molecule has 0 atom stereocenters. The Morgan fingerprint density at radius 1 is 1.16 bits per heavy atom. The van der Waals surface area contributed by atoms with Gasteiger partial charge in [-0.25, -0.2) is 4.98 Å². The standard InChI is InChI=1S/C12H10Cl2N4O/c13-6-3-7(14)5-8(4-6)17-12-9(15)1-2-10(18-12)11(16)19/h1-5H,15H2,(H2,16,19)(H,17,18). The van der Waals surface area contributed by atoms with E-state index in [9.17, 15) is 4.79 Å². The van der Waals surface area contributed by atoms with Crippen LogP contribution in [0.15, 0.2) is 30.3 Å². The molecule has 0 unspecified atom stereocenters. The SMILES string of the molecule is NC(=O)c1ccc(N)c(Nc2cc(Cl)cc(Cl)c2)n1. The number of nitrogens with one attached hydrogen (secondary N) is 1. The van der Waals surface area contributed by atoms with Crippen LogP contribution in [0.5, 0.6) is 0 Å². The fraction of sp³-hybridized carbons (Fsp3) is 0. The van der Waals surface area contributed by atoms with Gasteiger partial charge in [-0.3, -0.25) is 4.79 Å². The molecule has 5 N–H and O–H groups in total. The Morgan fingerprint density at radius 2 is 1.79 bits per heavy atom. The fourth-order valence-electron chi connectivity index (χ4n) is 1.47. The van der Waals surface area contributed by atoms with Crippen molar-refractivity contribution in [1.82, 2.24) is 4.98 Å². The summed E-state index contributed by atoms with van der Waals surface area (Å²) >= 11 is 11.8. The van der Waals surface area contributed by atoms with Gasteiger partial charge in [-0.15, -0.1) is 0 Å². The van der Waals surface area contributed by atoms with Gasteiger partial charge in [-0.1, -0.05) is 23.2 Å². The lowest BCUT2D eigenvalue weighted by Gasteiger charge is -2.10. The van der Waals surface area contributed by atoms with Gasteiger partial charge in [0.25, 0.3) is 5.91 Å². The molecule has 1 aromatic heterocycles. The largest absolute Gasteiger partial charge is 0.396 e. The number of nitrogens with zero attached hydrogens (tertiary/aromatic N) is 1. The lowest BCUT2D eigenvalue weighted by molar-refractivity contribution is 0.0996. The quantitative estimate of drug-likeness (QED) is 0.812. The number of anilines is 3. The Balaban J connectivity index is 2.37. The van der Waals surface area contributed by atoms with E-state index < -0.39 is 5.91 Å². The van der Waals surface area contributed by atoms with Gasteiger partial charge in [0, 0.05) is 15.7 Å². The van der Waals surface area contributed by atoms with Crippen molar-refractivity contribution in [3.05, 3.63) is 46.1 Å². The second-order valence-corrected chi connectivity index (χ2v) is 4.65. The molecule has 2 aromatic rings. The first kappa shape index (κ1) is 13.5. The van der Waals surface area contributed by atoms with Crippen LogP contribution in [0.3, 0.4) is 0 Å². The van der Waals surface area contributed by atoms with Crippen molar-refractivity contribution in [2.24, 2.45) is 5.73 Å². The van der Waals surface area contributed by atoms with Crippen LogP contribution in [0, 0.1) is 0 Å². The van der Waals surface area contributed by atoms with Crippen molar-refractivity contribution in [1.29, 1.82) is 0 Å². The summed E-state index contributed by atoms with van der Waals surface area (Å²) in [6.45, 7) is 0. The number of benzene rings is 1. The van der Waals surface area contributed by atoms with Crippen LogP contribution in [0.1, 0.15) is 10.5 Å². The van der Waals surface area contributed by atoms with E-state index in [0.29, 0.717) is 27.2 Å². The number of halogens is 2. The normalized spacial score (nSPS) is 10.2. The molecule has 19 heavy (non-hydrogen) atoms. The number of carbonyl (C=O) groups is 1. The molecule has 0 aliphatic heterocycles. The van der Waals surface area contributed by atoms with Gasteiger partial charge in [0.05, 0.1) is 5.69 Å². The van der Waals surface area contributed by atoms with E-state index >= 15 is 0 Å². The Kier molecular flexibility index (Phi) is 3.78. The number of aromatic nitrogens is 1. The topological polar surface area (TPSA) is 94.0 Å². The van der Waals surface area contributed by atoms with Crippen LogP contribution in [-0.2, 0) is 0 Å². The molecular weight excluding hydrogens is 287 g/mol. The summed E-state index contributed by atoms with van der Waals surface area (Å²) in [5.41, 5.74) is 12.0. The van der Waals surface area contributed by atoms with Gasteiger partial charge in [0.15, 0.2) is 5.82 Å². The Morgan fingerprint density at radius 3 is 2.37 bits per heavy atom. The molecule has 7 heteroatoms. The number of hydrogen-bond acceptors (Lipinski definition) is 4. The molecule has 5 nitrogen and oxygen atoms in total. The maximum absolute atomic E-state index is 11.1. The van der Waals surface area contributed by atoms with E-state index in [-0.39, 0.29) is 5.69 Å². The van der Waals surface area contributed by atoms with Crippen molar-refractivity contribution >= 4 is 46.3 Å². The zero-order chi connectivity index (χ0) is 14.0. The van der Waals surface area contributed by atoms with Gasteiger partial charge in [-0.05, 0) is 30.3 Å². The van der Waals surface area contributed by atoms with E-state index in [1.165, 1.54) is 6.07 Å². The van der Waals surface area contributed by atoms with Gasteiger partial charge in [0.2, 0.25) is 0 Å². The highest BCUT2D eigenvalue weighted by Gasteiger charge is 2.08. The van der Waals surface area contributed by atoms with E-state index in [2.05, 4.69) is 10.3 Å². The van der Waals surface area contributed by atoms with Crippen LogP contribution in [-0.4, -0.2) is 10.9 Å². The van der Waals surface area contributed by atoms with E-state index in [4.69, 9.17) is 34.7 Å². The van der Waals surface area contributed by atoms with Gasteiger partial charge in [0.1, 0.15) is 5.69 Å². The Hall–Kier alpha value is -1.98. The Bertz CT molecular complexity index is 625. The number of hydrogen-bond donors (Lipinski definition) is 3. The van der Waals surface area contributed by atoms with Crippen molar-refractivity contribution < 1.29 is 4.79 Å². The first-order valence-electron chi connectivity index (χ1n) is 5.25. The lowest BCUT2D eigenvalue weighted by Crippen LogP contribution is -2.14. The summed E-state index contributed by atoms with van der Waals surface area (Å²) in [6, 6.07) is 7.91. The molecule has 98 valence electrons. The Labute approximate surface area is 119 Å². The fourth-order valence-corrected chi connectivity index (χ4v) is 2.00. The monoisotopic (exact) mass is 296 g/mol. The van der Waals surface area contributed by atoms with Crippen molar-refractivity contribution in [2.45, 2.75) is 0 Å². The highest BCUT2D eigenvalue weighted by atomic mass is 35.5. The molecule has 0 fully saturated rings. The minimum Gasteiger partial charge on any atom is -0.396 e. The van der Waals surface area contributed by atoms with Crippen LogP contribution in [0.25, 0.3) is 0 Å². The van der Waals surface area contributed by atoms with Crippen molar-refractivity contribution in [3.8, 4) is 0 Å². The average molecular weight is 297 g/mol. The van der Waals surface area contributed by atoms with E-state index in [0.717, 1.165) is 0 Å².